The molecule has 4 rings (SSSR count). The molecule has 3 atom stereocenters. The van der Waals surface area contributed by atoms with Crippen LogP contribution in [0.5, 0.6) is 0 Å². The largest absolute Gasteiger partial charge is 1.00 e. The molecule has 17 heteroatoms. The van der Waals surface area contributed by atoms with Crippen molar-refractivity contribution < 1.29 is 91.4 Å². The van der Waals surface area contributed by atoms with E-state index in [-0.39, 0.29) is 96.2 Å². The van der Waals surface area contributed by atoms with Gasteiger partial charge in [-0.15, -0.1) is 28.2 Å². The minimum absolute atomic E-state index is 0. The Bertz CT molecular complexity index is 1150. The Morgan fingerprint density at radius 1 is 1.29 bits per heavy atom. The maximum atomic E-state index is 12.8. The predicted molar refractivity (Wildman–Crippen MR) is 121 cm³/mol. The van der Waals surface area contributed by atoms with Crippen LogP contribution in [0.3, 0.4) is 0 Å². The Balaban J connectivity index is 0.00000324. The van der Waals surface area contributed by atoms with E-state index in [1.54, 1.807) is 0 Å². The monoisotopic (exact) mass is 558 g/mol. The van der Waals surface area contributed by atoms with Crippen LogP contribution in [-0.4, -0.2) is 81.5 Å². The molecule has 0 saturated carbocycles. The first kappa shape index (κ1) is 30.3. The number of rotatable bonds is 9. The molecule has 35 heavy (non-hydrogen) atoms. The molecule has 1 unspecified atom stereocenters. The van der Waals surface area contributed by atoms with Crippen LogP contribution in [0.15, 0.2) is 33.9 Å². The van der Waals surface area contributed by atoms with Gasteiger partial charge in [0.1, 0.15) is 23.7 Å². The molecule has 0 aromatic carbocycles. The summed E-state index contributed by atoms with van der Waals surface area (Å²) in [4.78, 5) is 50.3. The Hall–Kier alpha value is -0.910. The van der Waals surface area contributed by atoms with Gasteiger partial charge in [-0.2, -0.15) is 0 Å². The van der Waals surface area contributed by atoms with Gasteiger partial charge in [-0.05, 0) is 34.4 Å². The first-order valence-electron chi connectivity index (χ1n) is 9.63. The van der Waals surface area contributed by atoms with Crippen LogP contribution in [0.2, 0.25) is 0 Å². The van der Waals surface area contributed by atoms with Crippen molar-refractivity contribution in [1.29, 1.82) is 0 Å². The van der Waals surface area contributed by atoms with E-state index in [1.807, 2.05) is 24.4 Å². The molecule has 178 valence electrons. The van der Waals surface area contributed by atoms with Gasteiger partial charge in [0.2, 0.25) is 11.1 Å². The van der Waals surface area contributed by atoms with Gasteiger partial charge in [-0.1, -0.05) is 17.8 Å². The summed E-state index contributed by atoms with van der Waals surface area (Å²) >= 11 is 3.92. The van der Waals surface area contributed by atoms with E-state index in [2.05, 4.69) is 20.8 Å². The number of thiophene rings is 1. The van der Waals surface area contributed by atoms with Crippen LogP contribution in [0.1, 0.15) is 14.7 Å². The second-order valence-electron chi connectivity index (χ2n) is 7.16. The number of hydrogen-bond acceptors (Lipinski definition) is 10. The summed E-state index contributed by atoms with van der Waals surface area (Å²) in [7, 11) is 0. The number of aliphatic carboxylic acids is 2. The number of hydrogen-bond donors (Lipinski definition) is 3. The average Bonchev–Trinajstić information content (AvgIpc) is 3.42. The fraction of sp³-hybridized carbons (Fsp3) is 0.389. The molecule has 0 bridgehead atoms. The van der Waals surface area contributed by atoms with E-state index in [9.17, 15) is 24.3 Å². The van der Waals surface area contributed by atoms with Crippen LogP contribution < -0.4 is 64.4 Å². The molecule has 0 aliphatic carbocycles. The third kappa shape index (κ3) is 6.70. The van der Waals surface area contributed by atoms with Crippen LogP contribution in [-0.2, 0) is 32.1 Å². The zero-order valence-electron chi connectivity index (χ0n) is 21.1. The molecule has 0 spiro atoms. The summed E-state index contributed by atoms with van der Waals surface area (Å²) in [5, 5.41) is 33.7. The average molecular weight is 559 g/mol. The van der Waals surface area contributed by atoms with E-state index in [4.69, 9.17) is 5.11 Å². The van der Waals surface area contributed by atoms with Gasteiger partial charge >= 0.3 is 71.1 Å². The van der Waals surface area contributed by atoms with E-state index in [0.717, 1.165) is 21.3 Å². The van der Waals surface area contributed by atoms with Gasteiger partial charge in [0.25, 0.3) is 5.91 Å². The number of nitrogens with one attached hydrogen (secondary N) is 1. The molecule has 3 N–H and O–H groups in total. The van der Waals surface area contributed by atoms with Gasteiger partial charge in [0.05, 0.1) is 6.42 Å². The number of nitrogens with zero attached hydrogens (tertiary/aromatic N) is 5. The van der Waals surface area contributed by atoms with Crippen molar-refractivity contribution >= 4 is 58.6 Å². The molecule has 4 heterocycles. The summed E-state index contributed by atoms with van der Waals surface area (Å²) in [5.41, 5.74) is 0.375. The third-order valence-corrected chi connectivity index (χ3v) is 8.33. The molecule has 1 fully saturated rings. The van der Waals surface area contributed by atoms with Crippen molar-refractivity contribution in [2.24, 2.45) is 0 Å². The molecule has 1 saturated heterocycles. The number of thioether (sulfide) groups is 2. The van der Waals surface area contributed by atoms with Gasteiger partial charge in [0.15, 0.2) is 0 Å². The van der Waals surface area contributed by atoms with Crippen molar-refractivity contribution in [3.05, 3.63) is 33.7 Å². The van der Waals surface area contributed by atoms with E-state index in [0.29, 0.717) is 5.57 Å². The van der Waals surface area contributed by atoms with E-state index >= 15 is 0 Å². The van der Waals surface area contributed by atoms with Gasteiger partial charge in [0, 0.05) is 15.9 Å². The molecule has 12 nitrogen and oxygen atoms in total. The molecule has 2 aromatic heterocycles. The van der Waals surface area contributed by atoms with E-state index < -0.39 is 35.8 Å². The smallest absolute Gasteiger partial charge is 1.00 e. The zero-order chi connectivity index (χ0) is 23.7. The summed E-state index contributed by atoms with van der Waals surface area (Å²) in [6, 6.07) is 2.88. The molecule has 2 aromatic rings. The van der Waals surface area contributed by atoms with Crippen LogP contribution in [0, 0.1) is 0 Å². The predicted octanol–water partition coefficient (Wildman–Crippen LogP) is -5.49. The fourth-order valence-corrected chi connectivity index (χ4v) is 6.78. The topological polar surface area (TPSA) is 168 Å². The standard InChI is InChI=1S/C18H18N6O6S3.2Na.2H/c1-8-10(7-32-18-20-21-22-23(18)6-12(26)27)14(17(29)30)24-15(28)13(16(24)33-8)19-11(25)5-9-3-2-4-31-9;;;;/h2-4,8,13,16H,5-7H2,1H3,(H,19,25)(H,26,27)(H,29,30);;;;/q;2*+1;2*-1/t8-,13?,16+;;;;/m0..../s1. The van der Waals surface area contributed by atoms with Gasteiger partial charge < -0.3 is 18.4 Å². The molecule has 2 amide bonds. The summed E-state index contributed by atoms with van der Waals surface area (Å²) < 4.78 is 1.10. The molecule has 2 aliphatic rings. The van der Waals surface area contributed by atoms with Crippen molar-refractivity contribution in [2.75, 3.05) is 5.75 Å². The number of aromatic nitrogens is 4. The number of β-lactam (4-membered cyclic amide) rings is 1. The first-order valence-corrected chi connectivity index (χ1v) is 12.4. The number of carbonyl (C=O) groups excluding carboxylic acids is 2. The van der Waals surface area contributed by atoms with Crippen molar-refractivity contribution in [3.8, 4) is 0 Å². The Kier molecular flexibility index (Phi) is 11.3. The van der Waals surface area contributed by atoms with Crippen molar-refractivity contribution in [1.82, 2.24) is 30.4 Å². The first-order chi connectivity index (χ1) is 15.8. The minimum atomic E-state index is -1.25. The van der Waals surface area contributed by atoms with Crippen molar-refractivity contribution in [3.63, 3.8) is 0 Å². The van der Waals surface area contributed by atoms with Crippen LogP contribution in [0.25, 0.3) is 0 Å². The fourth-order valence-electron chi connectivity index (χ4n) is 3.50. The zero-order valence-corrected chi connectivity index (χ0v) is 25.5. The second-order valence-corrected chi connectivity index (χ2v) is 10.6. The maximum Gasteiger partial charge on any atom is 1.00 e. The van der Waals surface area contributed by atoms with Gasteiger partial charge in [-0.25, -0.2) is 9.48 Å². The summed E-state index contributed by atoms with van der Waals surface area (Å²) in [6.45, 7) is 1.40. The van der Waals surface area contributed by atoms with Crippen LogP contribution in [0.4, 0.5) is 0 Å². The van der Waals surface area contributed by atoms with Gasteiger partial charge in [-0.3, -0.25) is 19.3 Å². The number of fused-ring (bicyclic) bond motifs is 1. The Morgan fingerprint density at radius 3 is 2.66 bits per heavy atom. The number of carboxylic acid groups (broad SMARTS) is 2. The van der Waals surface area contributed by atoms with Crippen LogP contribution >= 0.6 is 34.9 Å². The summed E-state index contributed by atoms with van der Waals surface area (Å²) in [5.74, 6) is -2.98. The SMILES string of the molecule is C[C@@H]1S[C@@H]2C(NC(=O)Cc3cccs3)C(=O)N2C(C(=O)O)=C1CSc1nnnn1CC(=O)O.[H-].[H-].[Na+].[Na+]. The number of carboxylic acids is 2. The Morgan fingerprint density at radius 2 is 2.03 bits per heavy atom. The number of tetrazole rings is 1. The number of carbonyl (C=O) groups is 4. The molecular weight excluding hydrogens is 538 g/mol. The summed E-state index contributed by atoms with van der Waals surface area (Å²) in [6.07, 6.45) is 0.156. The molecule has 0 radical (unpaired) electrons. The normalized spacial score (nSPS) is 20.8. The maximum absolute atomic E-state index is 12.8. The van der Waals surface area contributed by atoms with Crippen molar-refractivity contribution in [2.45, 2.75) is 41.7 Å². The number of amides is 2. The Labute approximate surface area is 259 Å². The molecule has 2 aliphatic heterocycles. The van der Waals surface area contributed by atoms with E-state index in [1.165, 1.54) is 28.0 Å². The third-order valence-electron chi connectivity index (χ3n) is 5.00. The quantitative estimate of drug-likeness (QED) is 0.153. The molecular formula is C18H20N6Na2O6S3. The second kappa shape index (κ2) is 13.1. The minimum Gasteiger partial charge on any atom is -1.00 e.